The molecule has 2 rings (SSSR count). The van der Waals surface area contributed by atoms with Gasteiger partial charge in [-0.3, -0.25) is 5.10 Å². The van der Waals surface area contributed by atoms with Crippen molar-refractivity contribution in [3.8, 4) is 0 Å². The van der Waals surface area contributed by atoms with E-state index in [0.717, 1.165) is 24.7 Å². The third kappa shape index (κ3) is 1.58. The molecule has 4 nitrogen and oxygen atoms in total. The molecule has 1 aliphatic heterocycles. The van der Waals surface area contributed by atoms with Crippen LogP contribution in [0.1, 0.15) is 31.4 Å². The average molecular weight is 180 g/mol. The van der Waals surface area contributed by atoms with Crippen molar-refractivity contribution >= 4 is 0 Å². The van der Waals surface area contributed by atoms with E-state index in [0.29, 0.717) is 0 Å². The molecule has 0 bridgehead atoms. The molecule has 13 heavy (non-hydrogen) atoms. The minimum absolute atomic E-state index is 0.128. The fourth-order valence-electron chi connectivity index (χ4n) is 1.86. The van der Waals surface area contributed by atoms with Crippen LogP contribution in [-0.4, -0.2) is 28.3 Å². The SMILES string of the molecule is Cc1nc(C2(C)CCCNC2)n[nH]1. The fraction of sp³-hybridized carbons (Fsp3) is 0.778. The van der Waals surface area contributed by atoms with Crippen molar-refractivity contribution in [2.45, 2.75) is 32.1 Å². The first-order valence-corrected chi connectivity index (χ1v) is 4.81. The lowest BCUT2D eigenvalue weighted by molar-refractivity contribution is 0.324. The molecule has 0 spiro atoms. The molecule has 4 heteroatoms. The second-order valence-electron chi connectivity index (χ2n) is 4.09. The Balaban J connectivity index is 2.22. The maximum absolute atomic E-state index is 4.40. The fourth-order valence-corrected chi connectivity index (χ4v) is 1.86. The van der Waals surface area contributed by atoms with E-state index in [4.69, 9.17) is 0 Å². The van der Waals surface area contributed by atoms with Gasteiger partial charge >= 0.3 is 0 Å². The number of hydrogen-bond donors (Lipinski definition) is 2. The Kier molecular flexibility index (Phi) is 2.07. The van der Waals surface area contributed by atoms with Crippen molar-refractivity contribution in [3.63, 3.8) is 0 Å². The zero-order valence-corrected chi connectivity index (χ0v) is 8.22. The molecule has 1 fully saturated rings. The minimum Gasteiger partial charge on any atom is -0.316 e. The molecule has 1 aromatic heterocycles. The van der Waals surface area contributed by atoms with Crippen LogP contribution in [0.25, 0.3) is 0 Å². The van der Waals surface area contributed by atoms with Gasteiger partial charge in [-0.25, -0.2) is 4.98 Å². The number of hydrogen-bond acceptors (Lipinski definition) is 3. The molecule has 0 saturated carbocycles. The molecule has 72 valence electrons. The van der Waals surface area contributed by atoms with Gasteiger partial charge in [0, 0.05) is 12.0 Å². The maximum Gasteiger partial charge on any atom is 0.157 e. The smallest absolute Gasteiger partial charge is 0.157 e. The largest absolute Gasteiger partial charge is 0.316 e. The third-order valence-electron chi connectivity index (χ3n) is 2.73. The van der Waals surface area contributed by atoms with Crippen molar-refractivity contribution < 1.29 is 0 Å². The van der Waals surface area contributed by atoms with Gasteiger partial charge in [-0.1, -0.05) is 6.92 Å². The predicted octanol–water partition coefficient (Wildman–Crippen LogP) is 0.754. The molecule has 1 aliphatic rings. The summed E-state index contributed by atoms with van der Waals surface area (Å²) in [7, 11) is 0. The van der Waals surface area contributed by atoms with Crippen LogP contribution in [0, 0.1) is 6.92 Å². The first kappa shape index (κ1) is 8.69. The lowest BCUT2D eigenvalue weighted by Crippen LogP contribution is -2.41. The summed E-state index contributed by atoms with van der Waals surface area (Å²) in [6.45, 7) is 6.28. The molecule has 1 saturated heterocycles. The van der Waals surface area contributed by atoms with Gasteiger partial charge in [0.05, 0.1) is 0 Å². The van der Waals surface area contributed by atoms with E-state index in [-0.39, 0.29) is 5.41 Å². The first-order chi connectivity index (χ1) is 6.21. The Hall–Kier alpha value is -0.900. The van der Waals surface area contributed by atoms with Crippen LogP contribution in [0.5, 0.6) is 0 Å². The van der Waals surface area contributed by atoms with Crippen molar-refractivity contribution in [1.29, 1.82) is 0 Å². The summed E-state index contributed by atoms with van der Waals surface area (Å²) in [4.78, 5) is 4.40. The van der Waals surface area contributed by atoms with Crippen LogP contribution in [0.15, 0.2) is 0 Å². The highest BCUT2D eigenvalue weighted by Crippen LogP contribution is 2.27. The van der Waals surface area contributed by atoms with Gasteiger partial charge in [0.1, 0.15) is 5.82 Å². The van der Waals surface area contributed by atoms with E-state index in [1.165, 1.54) is 12.8 Å². The van der Waals surface area contributed by atoms with Crippen molar-refractivity contribution in [2.24, 2.45) is 0 Å². The summed E-state index contributed by atoms with van der Waals surface area (Å²) in [5, 5.41) is 10.5. The monoisotopic (exact) mass is 180 g/mol. The highest BCUT2D eigenvalue weighted by atomic mass is 15.2. The number of H-pyrrole nitrogens is 1. The van der Waals surface area contributed by atoms with Gasteiger partial charge in [-0.2, -0.15) is 5.10 Å². The highest BCUT2D eigenvalue weighted by Gasteiger charge is 2.32. The van der Waals surface area contributed by atoms with Gasteiger partial charge < -0.3 is 5.32 Å². The average Bonchev–Trinajstić information content (AvgIpc) is 2.54. The van der Waals surface area contributed by atoms with Crippen LogP contribution in [-0.2, 0) is 5.41 Å². The van der Waals surface area contributed by atoms with E-state index < -0.39 is 0 Å². The molecule has 0 aromatic carbocycles. The summed E-state index contributed by atoms with van der Waals surface area (Å²) in [5.74, 6) is 1.86. The lowest BCUT2D eigenvalue weighted by Gasteiger charge is -2.31. The summed E-state index contributed by atoms with van der Waals surface area (Å²) < 4.78 is 0. The summed E-state index contributed by atoms with van der Waals surface area (Å²) in [6, 6.07) is 0. The van der Waals surface area contributed by atoms with E-state index in [1.54, 1.807) is 0 Å². The van der Waals surface area contributed by atoms with Crippen molar-refractivity contribution in [1.82, 2.24) is 20.5 Å². The van der Waals surface area contributed by atoms with E-state index in [9.17, 15) is 0 Å². The number of nitrogens with zero attached hydrogens (tertiary/aromatic N) is 2. The molecule has 0 aliphatic carbocycles. The predicted molar refractivity (Wildman–Crippen MR) is 50.6 cm³/mol. The molecule has 0 amide bonds. The highest BCUT2D eigenvalue weighted by molar-refractivity contribution is 5.08. The number of nitrogens with one attached hydrogen (secondary N) is 2. The second-order valence-corrected chi connectivity index (χ2v) is 4.09. The molecule has 2 heterocycles. The Morgan fingerprint density at radius 1 is 1.46 bits per heavy atom. The number of rotatable bonds is 1. The molecule has 1 unspecified atom stereocenters. The lowest BCUT2D eigenvalue weighted by atomic mass is 9.82. The Labute approximate surface area is 78.1 Å². The molecular formula is C9H16N4. The van der Waals surface area contributed by atoms with Crippen molar-refractivity contribution in [3.05, 3.63) is 11.6 Å². The Morgan fingerprint density at radius 3 is 2.85 bits per heavy atom. The number of piperidine rings is 1. The van der Waals surface area contributed by atoms with Crippen LogP contribution in [0.3, 0.4) is 0 Å². The van der Waals surface area contributed by atoms with E-state index in [1.807, 2.05) is 6.92 Å². The number of aromatic nitrogens is 3. The van der Waals surface area contributed by atoms with Gasteiger partial charge in [-0.05, 0) is 26.3 Å². The minimum atomic E-state index is 0.128. The molecule has 1 atom stereocenters. The number of aryl methyl sites for hydroxylation is 1. The molecule has 1 aromatic rings. The zero-order chi connectivity index (χ0) is 9.31. The molecular weight excluding hydrogens is 164 g/mol. The topological polar surface area (TPSA) is 53.6 Å². The van der Waals surface area contributed by atoms with E-state index in [2.05, 4.69) is 27.4 Å². The quantitative estimate of drug-likeness (QED) is 0.670. The normalized spacial score (nSPS) is 29.1. The van der Waals surface area contributed by atoms with Crippen LogP contribution >= 0.6 is 0 Å². The van der Waals surface area contributed by atoms with Gasteiger partial charge in [0.15, 0.2) is 5.82 Å². The van der Waals surface area contributed by atoms with Crippen molar-refractivity contribution in [2.75, 3.05) is 13.1 Å². The van der Waals surface area contributed by atoms with Crippen LogP contribution in [0.4, 0.5) is 0 Å². The van der Waals surface area contributed by atoms with E-state index >= 15 is 0 Å². The maximum atomic E-state index is 4.40. The second kappa shape index (κ2) is 3.10. The summed E-state index contributed by atoms with van der Waals surface area (Å²) in [6.07, 6.45) is 2.39. The third-order valence-corrected chi connectivity index (χ3v) is 2.73. The molecule has 0 radical (unpaired) electrons. The van der Waals surface area contributed by atoms with Crippen LogP contribution in [0.2, 0.25) is 0 Å². The Morgan fingerprint density at radius 2 is 2.31 bits per heavy atom. The summed E-state index contributed by atoms with van der Waals surface area (Å²) in [5.41, 5.74) is 0.128. The first-order valence-electron chi connectivity index (χ1n) is 4.81. The van der Waals surface area contributed by atoms with Gasteiger partial charge in [0.25, 0.3) is 0 Å². The van der Waals surface area contributed by atoms with Gasteiger partial charge in [0.2, 0.25) is 0 Å². The van der Waals surface area contributed by atoms with Crippen LogP contribution < -0.4 is 5.32 Å². The molecule has 2 N–H and O–H groups in total. The standard InChI is InChI=1S/C9H16N4/c1-7-11-8(13-12-7)9(2)4-3-5-10-6-9/h10H,3-6H2,1-2H3,(H,11,12,13). The number of aromatic amines is 1. The summed E-state index contributed by atoms with van der Waals surface area (Å²) >= 11 is 0. The zero-order valence-electron chi connectivity index (χ0n) is 8.22. The van der Waals surface area contributed by atoms with Gasteiger partial charge in [-0.15, -0.1) is 0 Å². The Bertz CT molecular complexity index is 286.